The average molecular weight is 563 g/mol. The molecule has 0 bridgehead atoms. The van der Waals surface area contributed by atoms with E-state index in [0.29, 0.717) is 41.9 Å². The Morgan fingerprint density at radius 3 is 2.18 bits per heavy atom. The summed E-state index contributed by atoms with van der Waals surface area (Å²) in [5.74, 6) is -3.15. The number of anilines is 3. The van der Waals surface area contributed by atoms with Crippen molar-refractivity contribution in [3.05, 3.63) is 77.7 Å². The van der Waals surface area contributed by atoms with Gasteiger partial charge in [0.15, 0.2) is 0 Å². The minimum absolute atomic E-state index is 0.353. The lowest BCUT2D eigenvalue weighted by molar-refractivity contribution is -0.137. The molecule has 4 rings (SSSR count). The topological polar surface area (TPSA) is 168 Å². The summed E-state index contributed by atoms with van der Waals surface area (Å²) in [7, 11) is 0. The van der Waals surface area contributed by atoms with E-state index >= 15 is 0 Å². The third kappa shape index (κ3) is 7.72. The zero-order valence-electron chi connectivity index (χ0n) is 19.4. The first-order valence-corrected chi connectivity index (χ1v) is 11.4. The summed E-state index contributed by atoms with van der Waals surface area (Å²) in [6, 6.07) is 7.55. The normalized spacial score (nSPS) is 11.1. The molecule has 0 aliphatic heterocycles. The largest absolute Gasteiger partial charge is 0.478 e. The summed E-state index contributed by atoms with van der Waals surface area (Å²) in [5.41, 5.74) is 6.30. The molecule has 0 spiro atoms. The van der Waals surface area contributed by atoms with Crippen LogP contribution < -0.4 is 16.4 Å². The molecule has 202 valence electrons. The molecule has 2 heterocycles. The first-order valence-electron chi connectivity index (χ1n) is 10.5. The maximum Gasteiger partial charge on any atom is 0.416 e. The highest BCUT2D eigenvalue weighted by Gasteiger charge is 2.31. The van der Waals surface area contributed by atoms with Crippen LogP contribution in [0.2, 0.25) is 0 Å². The number of rotatable bonds is 5. The lowest BCUT2D eigenvalue weighted by Crippen LogP contribution is -2.20. The van der Waals surface area contributed by atoms with Crippen LogP contribution in [0.1, 0.15) is 5.56 Å². The van der Waals surface area contributed by atoms with Crippen molar-refractivity contribution in [2.45, 2.75) is 6.18 Å². The molecule has 0 atom stereocenters. The smallest absolute Gasteiger partial charge is 0.416 e. The predicted molar refractivity (Wildman–Crippen MR) is 136 cm³/mol. The minimum atomic E-state index is -4.66. The lowest BCUT2D eigenvalue weighted by Gasteiger charge is -2.12. The molecule has 15 heteroatoms. The van der Waals surface area contributed by atoms with Crippen molar-refractivity contribution in [3.63, 3.8) is 0 Å². The number of aromatic nitrogens is 2. The predicted octanol–water partition coefficient (Wildman–Crippen LogP) is 5.45. The maximum atomic E-state index is 13.8. The van der Waals surface area contributed by atoms with Crippen LogP contribution in [-0.4, -0.2) is 38.2 Å². The Morgan fingerprint density at radius 1 is 0.949 bits per heavy atom. The van der Waals surface area contributed by atoms with Gasteiger partial charge in [-0.3, -0.25) is 0 Å². The third-order valence-electron chi connectivity index (χ3n) is 4.76. The minimum Gasteiger partial charge on any atom is -0.478 e. The molecular weight excluding hydrogens is 546 g/mol. The number of carbonyl (C=O) groups excluding carboxylic acids is 1. The molecule has 4 aromatic rings. The number of nitrogens with one attached hydrogen (secondary N) is 2. The number of carboxylic acid groups (broad SMARTS) is 2. The summed E-state index contributed by atoms with van der Waals surface area (Å²) in [5, 5.41) is 22.8. The molecule has 2 aromatic heterocycles. The summed E-state index contributed by atoms with van der Waals surface area (Å²) < 4.78 is 52.2. The molecule has 39 heavy (non-hydrogen) atoms. The van der Waals surface area contributed by atoms with Gasteiger partial charge in [-0.15, -0.1) is 11.3 Å². The number of amides is 2. The molecule has 2 aromatic carbocycles. The van der Waals surface area contributed by atoms with Crippen LogP contribution in [0.25, 0.3) is 21.3 Å². The van der Waals surface area contributed by atoms with Crippen LogP contribution in [0, 0.1) is 5.82 Å². The van der Waals surface area contributed by atoms with Crippen LogP contribution in [0.5, 0.6) is 0 Å². The maximum absolute atomic E-state index is 13.8. The fourth-order valence-corrected chi connectivity index (χ4v) is 3.99. The summed E-state index contributed by atoms with van der Waals surface area (Å²) in [6.45, 7) is 0. The summed E-state index contributed by atoms with van der Waals surface area (Å²) in [6.07, 6.45) is -2.15. The Morgan fingerprint density at radius 2 is 1.59 bits per heavy atom. The van der Waals surface area contributed by atoms with Crippen LogP contribution in [0.3, 0.4) is 0 Å². The van der Waals surface area contributed by atoms with Gasteiger partial charge in [0.1, 0.15) is 22.8 Å². The molecule has 10 nitrogen and oxygen atoms in total. The standard InChI is InChI=1S/C20H13F4N5OS.C4H4O4/c21-14-6-3-11(20(22,23)24)7-15(14)29-19(30)28-12-4-1-10(2-5-12)13-8-31-18-16(13)17(25)26-9-27-18;5-3(6)1-2-4(7)8/h1-9H,(H2,25,26,27)(H2,28,29,30);1-2H,(H,5,6)(H,7,8)/b;2-1-. The number of hydrogen-bond acceptors (Lipinski definition) is 7. The van der Waals surface area contributed by atoms with Crippen molar-refractivity contribution in [1.82, 2.24) is 9.97 Å². The van der Waals surface area contributed by atoms with E-state index in [-0.39, 0.29) is 0 Å². The molecule has 0 fully saturated rings. The van der Waals surface area contributed by atoms with Gasteiger partial charge in [-0.25, -0.2) is 28.7 Å². The number of carboxylic acids is 2. The van der Waals surface area contributed by atoms with Gasteiger partial charge in [-0.2, -0.15) is 13.2 Å². The number of benzene rings is 2. The van der Waals surface area contributed by atoms with Gasteiger partial charge in [0.25, 0.3) is 0 Å². The van der Waals surface area contributed by atoms with Gasteiger partial charge >= 0.3 is 24.1 Å². The van der Waals surface area contributed by atoms with Gasteiger partial charge < -0.3 is 26.6 Å². The summed E-state index contributed by atoms with van der Waals surface area (Å²) in [4.78, 5) is 40.1. The van der Waals surface area contributed by atoms with Crippen molar-refractivity contribution in [3.8, 4) is 11.1 Å². The Labute approximate surface area is 220 Å². The second kappa shape index (κ2) is 12.0. The van der Waals surface area contributed by atoms with E-state index in [1.807, 2.05) is 5.38 Å². The number of fused-ring (bicyclic) bond motifs is 1. The molecule has 0 aliphatic rings. The van der Waals surface area contributed by atoms with Crippen LogP contribution in [0.15, 0.2) is 66.3 Å². The Kier molecular flexibility index (Phi) is 8.77. The monoisotopic (exact) mass is 563 g/mol. The molecule has 0 radical (unpaired) electrons. The molecule has 0 aliphatic carbocycles. The number of nitrogens with two attached hydrogens (primary N) is 1. The average Bonchev–Trinajstić information content (AvgIpc) is 3.30. The highest BCUT2D eigenvalue weighted by Crippen LogP contribution is 2.36. The second-order valence-electron chi connectivity index (χ2n) is 7.45. The van der Waals surface area contributed by atoms with Gasteiger partial charge in [-0.05, 0) is 35.9 Å². The molecular formula is C24H17F4N5O5S. The Balaban J connectivity index is 0.000000459. The van der Waals surface area contributed by atoms with Crippen LogP contribution in [-0.2, 0) is 15.8 Å². The summed E-state index contributed by atoms with van der Waals surface area (Å²) >= 11 is 1.42. The van der Waals surface area contributed by atoms with Crippen molar-refractivity contribution in [1.29, 1.82) is 0 Å². The van der Waals surface area contributed by atoms with Crippen molar-refractivity contribution in [2.24, 2.45) is 0 Å². The molecule has 2 amide bonds. The van der Waals surface area contributed by atoms with E-state index < -0.39 is 41.2 Å². The quantitative estimate of drug-likeness (QED) is 0.158. The number of halogens is 4. The number of urea groups is 1. The zero-order valence-corrected chi connectivity index (χ0v) is 20.2. The van der Waals surface area contributed by atoms with E-state index in [4.69, 9.17) is 15.9 Å². The zero-order chi connectivity index (χ0) is 28.7. The van der Waals surface area contributed by atoms with Crippen LogP contribution >= 0.6 is 11.3 Å². The van der Waals surface area contributed by atoms with E-state index in [2.05, 4.69) is 20.6 Å². The first kappa shape index (κ1) is 28.5. The number of carbonyl (C=O) groups is 3. The molecule has 6 N–H and O–H groups in total. The van der Waals surface area contributed by atoms with E-state index in [1.54, 1.807) is 24.3 Å². The van der Waals surface area contributed by atoms with Gasteiger partial charge in [0, 0.05) is 28.8 Å². The van der Waals surface area contributed by atoms with Gasteiger partial charge in [0.05, 0.1) is 16.6 Å². The highest BCUT2D eigenvalue weighted by atomic mass is 32.1. The number of thiophene rings is 1. The van der Waals surface area contributed by atoms with Gasteiger partial charge in [-0.1, -0.05) is 12.1 Å². The first-order chi connectivity index (χ1) is 18.3. The van der Waals surface area contributed by atoms with E-state index in [1.165, 1.54) is 17.7 Å². The third-order valence-corrected chi connectivity index (χ3v) is 5.65. The molecule has 0 unspecified atom stereocenters. The number of nitrogen functional groups attached to an aromatic ring is 1. The van der Waals surface area contributed by atoms with Crippen molar-refractivity contribution < 1.29 is 42.2 Å². The lowest BCUT2D eigenvalue weighted by atomic mass is 10.1. The SMILES string of the molecule is Nc1ncnc2scc(-c3ccc(NC(=O)Nc4cc(C(F)(F)F)ccc4F)cc3)c12.O=C(O)/C=C\C(=O)O. The van der Waals surface area contributed by atoms with E-state index in [9.17, 15) is 31.9 Å². The number of hydrogen-bond donors (Lipinski definition) is 5. The number of aliphatic carboxylic acids is 2. The molecule has 0 saturated heterocycles. The van der Waals surface area contributed by atoms with Crippen LogP contribution in [0.4, 0.5) is 39.5 Å². The fourth-order valence-electron chi connectivity index (χ4n) is 3.07. The van der Waals surface area contributed by atoms with E-state index in [0.717, 1.165) is 21.3 Å². The number of nitrogens with zero attached hydrogens (tertiary/aromatic N) is 2. The van der Waals surface area contributed by atoms with Gasteiger partial charge in [0.2, 0.25) is 0 Å². The highest BCUT2D eigenvalue weighted by molar-refractivity contribution is 7.17. The number of alkyl halides is 3. The van der Waals surface area contributed by atoms with Crippen molar-refractivity contribution >= 4 is 56.7 Å². The molecule has 0 saturated carbocycles. The van der Waals surface area contributed by atoms with Crippen molar-refractivity contribution in [2.75, 3.05) is 16.4 Å². The fraction of sp³-hybridized carbons (Fsp3) is 0.0417. The Bertz CT molecular complexity index is 1540. The Hall–Kier alpha value is -5.05. The second-order valence-corrected chi connectivity index (χ2v) is 8.31.